The van der Waals surface area contributed by atoms with Gasteiger partial charge in [-0.2, -0.15) is 0 Å². The van der Waals surface area contributed by atoms with Crippen molar-refractivity contribution >= 4 is 30.7 Å². The van der Waals surface area contributed by atoms with Crippen molar-refractivity contribution in [2.24, 2.45) is 5.73 Å². The number of amides is 1. The van der Waals surface area contributed by atoms with E-state index >= 15 is 0 Å². The van der Waals surface area contributed by atoms with Crippen LogP contribution in [0.15, 0.2) is 24.3 Å². The molecular formula is C19H33Cl2N3O. The van der Waals surface area contributed by atoms with Crippen molar-refractivity contribution < 1.29 is 4.79 Å². The van der Waals surface area contributed by atoms with Crippen molar-refractivity contribution in [2.75, 3.05) is 7.05 Å². The second kappa shape index (κ2) is 11.0. The van der Waals surface area contributed by atoms with Crippen LogP contribution in [0.3, 0.4) is 0 Å². The van der Waals surface area contributed by atoms with E-state index in [0.29, 0.717) is 12.6 Å². The lowest BCUT2D eigenvalue weighted by molar-refractivity contribution is -0.125. The Balaban J connectivity index is 0.00000288. The summed E-state index contributed by atoms with van der Waals surface area (Å²) in [6.07, 6.45) is 6.67. The Labute approximate surface area is 164 Å². The highest BCUT2D eigenvalue weighted by Crippen LogP contribution is 2.23. The van der Waals surface area contributed by atoms with Gasteiger partial charge in [0.05, 0.1) is 5.54 Å². The minimum absolute atomic E-state index is 0. The number of hydrogen-bond acceptors (Lipinski definition) is 3. The average Bonchev–Trinajstić information content (AvgIpc) is 2.53. The van der Waals surface area contributed by atoms with Gasteiger partial charge in [0.1, 0.15) is 0 Å². The van der Waals surface area contributed by atoms with Gasteiger partial charge in [0.25, 0.3) is 0 Å². The lowest BCUT2D eigenvalue weighted by Gasteiger charge is -2.31. The first-order chi connectivity index (χ1) is 10.9. The molecule has 1 aromatic rings. The fourth-order valence-corrected chi connectivity index (χ4v) is 3.21. The molecule has 1 amide bonds. The van der Waals surface area contributed by atoms with Crippen molar-refractivity contribution in [3.63, 3.8) is 0 Å². The zero-order valence-corrected chi connectivity index (χ0v) is 17.2. The van der Waals surface area contributed by atoms with Crippen molar-refractivity contribution in [3.05, 3.63) is 35.4 Å². The Morgan fingerprint density at radius 2 is 1.72 bits per heavy atom. The number of benzene rings is 1. The Morgan fingerprint density at radius 3 is 2.28 bits per heavy atom. The van der Waals surface area contributed by atoms with E-state index in [1.165, 1.54) is 43.2 Å². The maximum Gasteiger partial charge on any atom is 0.239 e. The Morgan fingerprint density at radius 1 is 1.16 bits per heavy atom. The molecule has 0 spiro atoms. The first-order valence-corrected chi connectivity index (χ1v) is 8.72. The number of hydrogen-bond donors (Lipinski definition) is 2. The molecule has 25 heavy (non-hydrogen) atoms. The predicted octanol–water partition coefficient (Wildman–Crippen LogP) is 3.65. The quantitative estimate of drug-likeness (QED) is 0.780. The highest BCUT2D eigenvalue weighted by molar-refractivity contribution is 5.86. The van der Waals surface area contributed by atoms with Gasteiger partial charge in [-0.3, -0.25) is 9.69 Å². The smallest absolute Gasteiger partial charge is 0.239 e. The predicted molar refractivity (Wildman–Crippen MR) is 109 cm³/mol. The van der Waals surface area contributed by atoms with Crippen LogP contribution in [-0.2, 0) is 17.9 Å². The van der Waals surface area contributed by atoms with Crippen LogP contribution < -0.4 is 11.1 Å². The molecule has 4 nitrogen and oxygen atoms in total. The van der Waals surface area contributed by atoms with Gasteiger partial charge < -0.3 is 11.1 Å². The first-order valence-electron chi connectivity index (χ1n) is 8.72. The molecule has 0 atom stereocenters. The molecule has 0 bridgehead atoms. The van der Waals surface area contributed by atoms with Gasteiger partial charge in [0.2, 0.25) is 5.91 Å². The van der Waals surface area contributed by atoms with Crippen LogP contribution in [0, 0.1) is 0 Å². The molecule has 3 N–H and O–H groups in total. The summed E-state index contributed by atoms with van der Waals surface area (Å²) < 4.78 is 0. The summed E-state index contributed by atoms with van der Waals surface area (Å²) in [7, 11) is 2.22. The molecule has 2 rings (SSSR count). The van der Waals surface area contributed by atoms with Gasteiger partial charge in [-0.05, 0) is 44.9 Å². The number of carbonyl (C=O) groups is 1. The van der Waals surface area contributed by atoms with E-state index in [1.54, 1.807) is 13.8 Å². The summed E-state index contributed by atoms with van der Waals surface area (Å²) in [6.45, 7) is 4.92. The highest BCUT2D eigenvalue weighted by Gasteiger charge is 2.22. The Bertz CT molecular complexity index is 526. The zero-order valence-electron chi connectivity index (χ0n) is 15.6. The van der Waals surface area contributed by atoms with E-state index in [9.17, 15) is 4.79 Å². The summed E-state index contributed by atoms with van der Waals surface area (Å²) in [5.41, 5.74) is 7.46. The topological polar surface area (TPSA) is 58.4 Å². The van der Waals surface area contributed by atoms with Gasteiger partial charge in [-0.15, -0.1) is 24.8 Å². The number of nitrogens with zero attached hydrogens (tertiary/aromatic N) is 1. The molecule has 0 heterocycles. The molecule has 1 aliphatic carbocycles. The molecule has 1 aliphatic rings. The monoisotopic (exact) mass is 389 g/mol. The molecule has 0 unspecified atom stereocenters. The number of halogens is 2. The maximum absolute atomic E-state index is 12.0. The molecule has 0 saturated heterocycles. The van der Waals surface area contributed by atoms with Crippen molar-refractivity contribution in [2.45, 2.75) is 70.6 Å². The van der Waals surface area contributed by atoms with Crippen LogP contribution in [0.5, 0.6) is 0 Å². The van der Waals surface area contributed by atoms with Crippen molar-refractivity contribution in [1.29, 1.82) is 0 Å². The van der Waals surface area contributed by atoms with E-state index in [0.717, 1.165) is 6.54 Å². The van der Waals surface area contributed by atoms with Crippen LogP contribution >= 0.6 is 24.8 Å². The van der Waals surface area contributed by atoms with Crippen molar-refractivity contribution in [3.8, 4) is 0 Å². The zero-order chi connectivity index (χ0) is 16.9. The van der Waals surface area contributed by atoms with E-state index in [4.69, 9.17) is 5.73 Å². The SMILES string of the molecule is CN(Cc1ccccc1CNC(=O)C(C)(C)N)C1CCCCC1.Cl.Cl. The molecule has 144 valence electrons. The van der Waals surface area contributed by atoms with Crippen LogP contribution in [0.25, 0.3) is 0 Å². The summed E-state index contributed by atoms with van der Waals surface area (Å²) in [6, 6.07) is 9.04. The fraction of sp³-hybridized carbons (Fsp3) is 0.632. The van der Waals surface area contributed by atoms with E-state index in [1.807, 2.05) is 6.07 Å². The average molecular weight is 390 g/mol. The highest BCUT2D eigenvalue weighted by atomic mass is 35.5. The number of carbonyl (C=O) groups excluding carboxylic acids is 1. The largest absolute Gasteiger partial charge is 0.350 e. The molecule has 1 saturated carbocycles. The van der Waals surface area contributed by atoms with E-state index in [-0.39, 0.29) is 30.7 Å². The van der Waals surface area contributed by atoms with Gasteiger partial charge in [-0.25, -0.2) is 0 Å². The molecular weight excluding hydrogens is 357 g/mol. The standard InChI is InChI=1S/C19H31N3O.2ClH/c1-19(2,20)18(23)21-13-15-9-7-8-10-16(15)14-22(3)17-11-5-4-6-12-17;;/h7-10,17H,4-6,11-14,20H2,1-3H3,(H,21,23);2*1H. The third-order valence-electron chi connectivity index (χ3n) is 4.76. The Hall–Kier alpha value is -0.810. The maximum atomic E-state index is 12.0. The molecule has 0 aromatic heterocycles. The second-order valence-corrected chi connectivity index (χ2v) is 7.38. The van der Waals surface area contributed by atoms with Gasteiger partial charge >= 0.3 is 0 Å². The number of nitrogens with one attached hydrogen (secondary N) is 1. The van der Waals surface area contributed by atoms with Crippen LogP contribution in [0.1, 0.15) is 57.1 Å². The van der Waals surface area contributed by atoms with Crippen LogP contribution in [-0.4, -0.2) is 29.4 Å². The molecule has 1 fully saturated rings. The van der Waals surface area contributed by atoms with Gasteiger partial charge in [0.15, 0.2) is 0 Å². The van der Waals surface area contributed by atoms with E-state index < -0.39 is 5.54 Å². The minimum atomic E-state index is -0.839. The minimum Gasteiger partial charge on any atom is -0.350 e. The third kappa shape index (κ3) is 7.53. The fourth-order valence-electron chi connectivity index (χ4n) is 3.21. The van der Waals surface area contributed by atoms with Crippen LogP contribution in [0.2, 0.25) is 0 Å². The second-order valence-electron chi connectivity index (χ2n) is 7.38. The Kier molecular flexibility index (Phi) is 10.7. The lowest BCUT2D eigenvalue weighted by atomic mass is 9.94. The normalized spacial score (nSPS) is 15.2. The van der Waals surface area contributed by atoms with Crippen LogP contribution in [0.4, 0.5) is 0 Å². The van der Waals surface area contributed by atoms with Gasteiger partial charge in [-0.1, -0.05) is 43.5 Å². The van der Waals surface area contributed by atoms with Gasteiger partial charge in [0, 0.05) is 19.1 Å². The summed E-state index contributed by atoms with van der Waals surface area (Å²) in [5, 5.41) is 2.95. The molecule has 1 aromatic carbocycles. The third-order valence-corrected chi connectivity index (χ3v) is 4.76. The van der Waals surface area contributed by atoms with E-state index in [2.05, 4.69) is 35.5 Å². The van der Waals surface area contributed by atoms with Crippen molar-refractivity contribution in [1.82, 2.24) is 10.2 Å². The summed E-state index contributed by atoms with van der Waals surface area (Å²) >= 11 is 0. The first kappa shape index (κ1) is 24.2. The molecule has 0 radical (unpaired) electrons. The summed E-state index contributed by atoms with van der Waals surface area (Å²) in [4.78, 5) is 14.4. The number of nitrogens with two attached hydrogens (primary N) is 1. The molecule has 6 heteroatoms. The summed E-state index contributed by atoms with van der Waals surface area (Å²) in [5.74, 6) is -0.118. The number of rotatable bonds is 6. The molecule has 0 aliphatic heterocycles. The lowest BCUT2D eigenvalue weighted by Crippen LogP contribution is -2.48.